The summed E-state index contributed by atoms with van der Waals surface area (Å²) in [4.78, 5) is 36.4. The second kappa shape index (κ2) is 10.7. The maximum Gasteiger partial charge on any atom is 0.338 e. The molecule has 200 valence electrons. The molecule has 36 heavy (non-hydrogen) atoms. The number of aliphatic hydroxyl groups is 1. The van der Waals surface area contributed by atoms with Crippen LogP contribution in [0.2, 0.25) is 0 Å². The number of methoxy groups -OCH3 is 1. The maximum atomic E-state index is 13.1. The molecule has 0 aromatic rings. The van der Waals surface area contributed by atoms with Crippen molar-refractivity contribution in [2.75, 3.05) is 7.11 Å². The number of rotatable bonds is 5. The van der Waals surface area contributed by atoms with Gasteiger partial charge in [-0.3, -0.25) is 9.59 Å². The predicted molar refractivity (Wildman–Crippen MR) is 128 cm³/mol. The summed E-state index contributed by atoms with van der Waals surface area (Å²) in [5.74, 6) is -1.04. The average molecular weight is 507 g/mol. The lowest BCUT2D eigenvalue weighted by Crippen LogP contribution is -2.42. The highest BCUT2D eigenvalue weighted by Crippen LogP contribution is 2.44. The van der Waals surface area contributed by atoms with Gasteiger partial charge in [0.1, 0.15) is 30.2 Å². The molecule has 1 N–H and O–H groups in total. The first-order valence-electron chi connectivity index (χ1n) is 12.8. The SMILES string of the molecule is CO[C@@H](/C(C)=C/C=O)[C@@H](C)[C@@H]1C[C@H](O)[C@]2(C)O[C@@H]2/C=C/[C@@H](C)[C@H]2C[C@H](CC(=O)O2)C[C@H]2O[C@H]2C(=O)O1. The van der Waals surface area contributed by atoms with Crippen LogP contribution >= 0.6 is 0 Å². The van der Waals surface area contributed by atoms with Gasteiger partial charge in [-0.05, 0) is 44.3 Å². The number of epoxide rings is 2. The number of hydrogen-bond acceptors (Lipinski definition) is 9. The van der Waals surface area contributed by atoms with Crippen LogP contribution in [0, 0.1) is 17.8 Å². The standard InChI is InChI=1S/C27H38O9/c1-14-6-7-22-27(4,36-22)21(29)13-19(16(3)24(32-5)15(2)8-9-28)35-26(31)25-20(34-25)11-17-10-18(14)33-23(30)12-17/h6-9,14,16-22,24-25,29H,10-13H2,1-5H3/b7-6+,15-8+/t14-,16+,17+,18-,19+,20-,21+,22-,24+,25-,27+/m1/s1. The number of fused-ring (bicyclic) bond motifs is 4. The van der Waals surface area contributed by atoms with Crippen LogP contribution in [-0.4, -0.2) is 78.8 Å². The lowest BCUT2D eigenvalue weighted by molar-refractivity contribution is -0.159. The van der Waals surface area contributed by atoms with Gasteiger partial charge in [-0.25, -0.2) is 4.79 Å². The molecule has 4 rings (SSSR count). The number of carbonyl (C=O) groups excluding carboxylic acids is 3. The second-order valence-electron chi connectivity index (χ2n) is 10.9. The second-order valence-corrected chi connectivity index (χ2v) is 10.9. The Bertz CT molecular complexity index is 913. The van der Waals surface area contributed by atoms with E-state index >= 15 is 0 Å². The summed E-state index contributed by atoms with van der Waals surface area (Å²) in [5, 5.41) is 11.1. The van der Waals surface area contributed by atoms with Crippen LogP contribution in [0.1, 0.15) is 53.4 Å². The molecule has 2 bridgehead atoms. The molecule has 0 aliphatic carbocycles. The minimum absolute atomic E-state index is 0.0149. The fourth-order valence-electron chi connectivity index (χ4n) is 5.66. The van der Waals surface area contributed by atoms with Crippen molar-refractivity contribution in [3.05, 3.63) is 23.8 Å². The van der Waals surface area contributed by atoms with E-state index in [0.29, 0.717) is 31.1 Å². The Balaban J connectivity index is 1.58. The van der Waals surface area contributed by atoms with Crippen LogP contribution in [-0.2, 0) is 38.1 Å². The van der Waals surface area contributed by atoms with Crippen LogP contribution in [0.4, 0.5) is 0 Å². The zero-order valence-electron chi connectivity index (χ0n) is 21.6. The van der Waals surface area contributed by atoms with Gasteiger partial charge in [0.05, 0.1) is 18.3 Å². The highest BCUT2D eigenvalue weighted by Gasteiger charge is 2.57. The van der Waals surface area contributed by atoms with Crippen molar-refractivity contribution < 1.29 is 43.2 Å². The highest BCUT2D eigenvalue weighted by atomic mass is 16.6. The lowest BCUT2D eigenvalue weighted by atomic mass is 9.84. The van der Waals surface area contributed by atoms with Gasteiger partial charge in [0, 0.05) is 31.8 Å². The molecule has 11 atom stereocenters. The Morgan fingerprint density at radius 2 is 1.92 bits per heavy atom. The van der Waals surface area contributed by atoms with Crippen LogP contribution in [0.5, 0.6) is 0 Å². The zero-order chi connectivity index (χ0) is 26.2. The molecule has 0 radical (unpaired) electrons. The topological polar surface area (TPSA) is 124 Å². The molecule has 9 nitrogen and oxygen atoms in total. The van der Waals surface area contributed by atoms with Gasteiger partial charge in [-0.1, -0.05) is 26.0 Å². The monoisotopic (exact) mass is 506 g/mol. The van der Waals surface area contributed by atoms with E-state index in [2.05, 4.69) is 0 Å². The molecular weight excluding hydrogens is 468 g/mol. The van der Waals surface area contributed by atoms with E-state index in [1.54, 1.807) is 6.92 Å². The Labute approximate surface area is 212 Å². The van der Waals surface area contributed by atoms with Gasteiger partial charge in [0.25, 0.3) is 0 Å². The quantitative estimate of drug-likeness (QED) is 0.197. The first-order chi connectivity index (χ1) is 17.1. The number of esters is 2. The first kappa shape index (κ1) is 27.0. The van der Waals surface area contributed by atoms with Gasteiger partial charge in [0.2, 0.25) is 0 Å². The predicted octanol–water partition coefficient (Wildman–Crippen LogP) is 2.29. The minimum Gasteiger partial charge on any atom is -0.462 e. The lowest BCUT2D eigenvalue weighted by Gasteiger charge is -2.32. The van der Waals surface area contributed by atoms with Crippen LogP contribution in [0.15, 0.2) is 23.8 Å². The minimum atomic E-state index is -0.920. The van der Waals surface area contributed by atoms with Crippen molar-refractivity contribution >= 4 is 18.2 Å². The molecule has 4 aliphatic rings. The molecule has 4 aliphatic heterocycles. The summed E-state index contributed by atoms with van der Waals surface area (Å²) in [6.45, 7) is 7.48. The Hall–Kier alpha value is -2.07. The Morgan fingerprint density at radius 1 is 1.19 bits per heavy atom. The van der Waals surface area contributed by atoms with Crippen LogP contribution in [0.25, 0.3) is 0 Å². The Morgan fingerprint density at radius 3 is 2.61 bits per heavy atom. The number of allylic oxidation sites excluding steroid dienone is 1. The fraction of sp³-hybridized carbons (Fsp3) is 0.741. The molecule has 0 aromatic carbocycles. The number of hydrogen-bond donors (Lipinski definition) is 1. The van der Waals surface area contributed by atoms with E-state index in [1.807, 2.05) is 32.9 Å². The molecular formula is C27H38O9. The molecule has 0 saturated carbocycles. The van der Waals surface area contributed by atoms with E-state index in [-0.39, 0.29) is 48.5 Å². The third-order valence-electron chi connectivity index (χ3n) is 8.23. The number of aldehydes is 1. The number of ether oxygens (including phenoxy) is 5. The molecule has 3 fully saturated rings. The van der Waals surface area contributed by atoms with E-state index in [4.69, 9.17) is 23.7 Å². The van der Waals surface area contributed by atoms with Crippen molar-refractivity contribution in [3.63, 3.8) is 0 Å². The first-order valence-corrected chi connectivity index (χ1v) is 12.8. The van der Waals surface area contributed by atoms with Crippen LogP contribution < -0.4 is 0 Å². The largest absolute Gasteiger partial charge is 0.462 e. The summed E-state index contributed by atoms with van der Waals surface area (Å²) >= 11 is 0. The van der Waals surface area contributed by atoms with Crippen molar-refractivity contribution in [1.29, 1.82) is 0 Å². The van der Waals surface area contributed by atoms with Crippen molar-refractivity contribution in [3.8, 4) is 0 Å². The van der Waals surface area contributed by atoms with Gasteiger partial charge in [-0.2, -0.15) is 0 Å². The summed E-state index contributed by atoms with van der Waals surface area (Å²) in [6, 6.07) is 0. The molecule has 0 aromatic heterocycles. The maximum absolute atomic E-state index is 13.1. The normalized spacial score (nSPS) is 43.7. The summed E-state index contributed by atoms with van der Waals surface area (Å²) in [7, 11) is 1.53. The molecule has 9 heteroatoms. The average Bonchev–Trinajstić information content (AvgIpc) is 3.73. The van der Waals surface area contributed by atoms with E-state index < -0.39 is 36.0 Å². The van der Waals surface area contributed by atoms with Gasteiger partial charge in [-0.15, -0.1) is 0 Å². The third kappa shape index (κ3) is 5.74. The molecule has 0 amide bonds. The number of carbonyl (C=O) groups is 3. The smallest absolute Gasteiger partial charge is 0.338 e. The number of aliphatic hydroxyl groups excluding tert-OH is 1. The van der Waals surface area contributed by atoms with Crippen molar-refractivity contribution in [1.82, 2.24) is 0 Å². The molecule has 0 unspecified atom stereocenters. The third-order valence-corrected chi connectivity index (χ3v) is 8.23. The van der Waals surface area contributed by atoms with E-state index in [1.165, 1.54) is 13.2 Å². The van der Waals surface area contributed by atoms with Crippen molar-refractivity contribution in [2.24, 2.45) is 17.8 Å². The van der Waals surface area contributed by atoms with E-state index in [9.17, 15) is 19.5 Å². The molecule has 3 saturated heterocycles. The van der Waals surface area contributed by atoms with E-state index in [0.717, 1.165) is 0 Å². The van der Waals surface area contributed by atoms with Gasteiger partial charge < -0.3 is 28.8 Å². The van der Waals surface area contributed by atoms with Gasteiger partial charge >= 0.3 is 11.9 Å². The molecule has 0 spiro atoms. The summed E-state index contributed by atoms with van der Waals surface area (Å²) in [5.41, 5.74) is -0.140. The summed E-state index contributed by atoms with van der Waals surface area (Å²) < 4.78 is 28.7. The van der Waals surface area contributed by atoms with Crippen LogP contribution in [0.3, 0.4) is 0 Å². The fourth-order valence-corrected chi connectivity index (χ4v) is 5.66. The number of cyclic esters (lactones) is 1. The van der Waals surface area contributed by atoms with Gasteiger partial charge in [0.15, 0.2) is 6.10 Å². The zero-order valence-corrected chi connectivity index (χ0v) is 21.6. The summed E-state index contributed by atoms with van der Waals surface area (Å²) in [6.07, 6.45) is 4.05. The Kier molecular flexibility index (Phi) is 8.04. The molecule has 4 heterocycles. The van der Waals surface area contributed by atoms with Crippen molar-refractivity contribution in [2.45, 2.75) is 102 Å². The highest BCUT2D eigenvalue weighted by molar-refractivity contribution is 5.78.